The summed E-state index contributed by atoms with van der Waals surface area (Å²) in [7, 11) is 1.92. The topological polar surface area (TPSA) is 70.1 Å². The van der Waals surface area contributed by atoms with Gasteiger partial charge in [-0.3, -0.25) is 0 Å². The molecule has 0 atom stereocenters. The van der Waals surface area contributed by atoms with Gasteiger partial charge in [0.15, 0.2) is 0 Å². The molecule has 2 aromatic rings. The van der Waals surface area contributed by atoms with Gasteiger partial charge in [-0.1, -0.05) is 0 Å². The minimum absolute atomic E-state index is 0.791. The van der Waals surface area contributed by atoms with Gasteiger partial charge in [0.05, 0.1) is 0 Å². The van der Waals surface area contributed by atoms with E-state index in [9.17, 15) is 0 Å². The van der Waals surface area contributed by atoms with E-state index in [2.05, 4.69) is 35.1 Å². The quantitative estimate of drug-likeness (QED) is 0.867. The molecule has 0 unspecified atom stereocenters. The fourth-order valence-electron chi connectivity index (χ4n) is 2.37. The molecule has 1 aliphatic rings. The maximum absolute atomic E-state index is 4.44. The smallest absolute Gasteiger partial charge is 0.225 e. The van der Waals surface area contributed by atoms with Gasteiger partial charge in [-0.05, 0) is 13.1 Å². The lowest BCUT2D eigenvalue weighted by Gasteiger charge is -2.34. The molecule has 1 aliphatic heterocycles. The van der Waals surface area contributed by atoms with E-state index in [1.165, 1.54) is 0 Å². The van der Waals surface area contributed by atoms with E-state index in [0.717, 1.165) is 50.2 Å². The molecule has 7 heteroatoms. The third-order valence-corrected chi connectivity index (χ3v) is 3.47. The highest BCUT2D eigenvalue weighted by atomic mass is 15.3. The van der Waals surface area contributed by atoms with Crippen molar-refractivity contribution >= 4 is 11.9 Å². The van der Waals surface area contributed by atoms with Crippen molar-refractivity contribution in [3.8, 4) is 0 Å². The highest BCUT2D eigenvalue weighted by molar-refractivity contribution is 5.37. The highest BCUT2D eigenvalue weighted by Crippen LogP contribution is 2.14. The molecule has 0 saturated carbocycles. The molecule has 1 saturated heterocycles. The SMILES string of the molecule is CNCc1cnc(N2CCN(c3ncccn3)CC2)nc1. The van der Waals surface area contributed by atoms with Crippen molar-refractivity contribution in [2.75, 3.05) is 43.0 Å². The van der Waals surface area contributed by atoms with Crippen molar-refractivity contribution in [1.82, 2.24) is 25.3 Å². The van der Waals surface area contributed by atoms with Gasteiger partial charge in [0, 0.05) is 63.1 Å². The molecule has 110 valence electrons. The van der Waals surface area contributed by atoms with Crippen LogP contribution in [0.2, 0.25) is 0 Å². The molecule has 0 bridgehead atoms. The fraction of sp³-hybridized carbons (Fsp3) is 0.429. The van der Waals surface area contributed by atoms with Crippen molar-refractivity contribution in [2.45, 2.75) is 6.54 Å². The van der Waals surface area contributed by atoms with E-state index in [1.807, 2.05) is 25.5 Å². The average Bonchev–Trinajstić information content (AvgIpc) is 2.57. The number of aromatic nitrogens is 4. The van der Waals surface area contributed by atoms with E-state index >= 15 is 0 Å². The van der Waals surface area contributed by atoms with Gasteiger partial charge < -0.3 is 15.1 Å². The van der Waals surface area contributed by atoms with E-state index in [1.54, 1.807) is 12.4 Å². The van der Waals surface area contributed by atoms with Crippen molar-refractivity contribution in [1.29, 1.82) is 0 Å². The monoisotopic (exact) mass is 285 g/mol. The summed E-state index contributed by atoms with van der Waals surface area (Å²) in [4.78, 5) is 21.9. The van der Waals surface area contributed by atoms with Crippen LogP contribution in [0.15, 0.2) is 30.9 Å². The zero-order valence-electron chi connectivity index (χ0n) is 12.1. The molecule has 0 aromatic carbocycles. The van der Waals surface area contributed by atoms with Crippen molar-refractivity contribution in [2.24, 2.45) is 0 Å². The van der Waals surface area contributed by atoms with Gasteiger partial charge in [0.25, 0.3) is 0 Å². The number of rotatable bonds is 4. The summed E-state index contributed by atoms with van der Waals surface area (Å²) in [5, 5.41) is 3.09. The van der Waals surface area contributed by atoms with Crippen LogP contribution in [0.4, 0.5) is 11.9 Å². The molecule has 3 rings (SSSR count). The zero-order valence-corrected chi connectivity index (χ0v) is 12.1. The van der Waals surface area contributed by atoms with Crippen LogP contribution in [0.5, 0.6) is 0 Å². The second-order valence-electron chi connectivity index (χ2n) is 4.94. The first kappa shape index (κ1) is 13.7. The zero-order chi connectivity index (χ0) is 14.5. The molecule has 7 nitrogen and oxygen atoms in total. The van der Waals surface area contributed by atoms with Crippen LogP contribution in [-0.2, 0) is 6.54 Å². The first-order chi connectivity index (χ1) is 10.4. The van der Waals surface area contributed by atoms with Gasteiger partial charge in [0.2, 0.25) is 11.9 Å². The standard InChI is InChI=1S/C14H19N7/c1-15-9-12-10-18-14(19-11-12)21-7-5-20(6-8-21)13-16-3-2-4-17-13/h2-4,10-11,15H,5-9H2,1H3. The Morgan fingerprint density at radius 2 is 1.43 bits per heavy atom. The Hall–Kier alpha value is -2.28. The molecule has 1 N–H and O–H groups in total. The van der Waals surface area contributed by atoms with Crippen molar-refractivity contribution < 1.29 is 0 Å². The van der Waals surface area contributed by atoms with Crippen LogP contribution in [-0.4, -0.2) is 53.2 Å². The van der Waals surface area contributed by atoms with E-state index < -0.39 is 0 Å². The highest BCUT2D eigenvalue weighted by Gasteiger charge is 2.20. The summed E-state index contributed by atoms with van der Waals surface area (Å²) in [6, 6.07) is 1.83. The van der Waals surface area contributed by atoms with Crippen molar-refractivity contribution in [3.63, 3.8) is 0 Å². The van der Waals surface area contributed by atoms with Crippen LogP contribution < -0.4 is 15.1 Å². The maximum Gasteiger partial charge on any atom is 0.225 e. The maximum atomic E-state index is 4.44. The van der Waals surface area contributed by atoms with E-state index in [4.69, 9.17) is 0 Å². The Kier molecular flexibility index (Phi) is 4.20. The first-order valence-corrected chi connectivity index (χ1v) is 7.09. The van der Waals surface area contributed by atoms with Crippen LogP contribution in [0.1, 0.15) is 5.56 Å². The Morgan fingerprint density at radius 1 is 0.905 bits per heavy atom. The predicted octanol–water partition coefficient (Wildman–Crippen LogP) is 0.313. The molecule has 0 radical (unpaired) electrons. The summed E-state index contributed by atoms with van der Waals surface area (Å²) >= 11 is 0. The lowest BCUT2D eigenvalue weighted by molar-refractivity contribution is 0.627. The van der Waals surface area contributed by atoms with Gasteiger partial charge in [0.1, 0.15) is 0 Å². The van der Waals surface area contributed by atoms with Crippen LogP contribution in [0, 0.1) is 0 Å². The number of anilines is 2. The van der Waals surface area contributed by atoms with E-state index in [0.29, 0.717) is 0 Å². The van der Waals surface area contributed by atoms with Gasteiger partial charge in [-0.2, -0.15) is 0 Å². The van der Waals surface area contributed by atoms with Gasteiger partial charge in [-0.15, -0.1) is 0 Å². The lowest BCUT2D eigenvalue weighted by Crippen LogP contribution is -2.47. The molecule has 0 aliphatic carbocycles. The van der Waals surface area contributed by atoms with Crippen LogP contribution >= 0.6 is 0 Å². The number of nitrogens with zero attached hydrogens (tertiary/aromatic N) is 6. The third kappa shape index (κ3) is 3.25. The largest absolute Gasteiger partial charge is 0.337 e. The van der Waals surface area contributed by atoms with Gasteiger partial charge in [-0.25, -0.2) is 19.9 Å². The second-order valence-corrected chi connectivity index (χ2v) is 4.94. The average molecular weight is 285 g/mol. The molecule has 1 fully saturated rings. The fourth-order valence-corrected chi connectivity index (χ4v) is 2.37. The van der Waals surface area contributed by atoms with Crippen molar-refractivity contribution in [3.05, 3.63) is 36.4 Å². The summed E-state index contributed by atoms with van der Waals surface area (Å²) < 4.78 is 0. The number of nitrogens with one attached hydrogen (secondary N) is 1. The third-order valence-electron chi connectivity index (χ3n) is 3.47. The van der Waals surface area contributed by atoms with Gasteiger partial charge >= 0.3 is 0 Å². The number of piperazine rings is 1. The lowest BCUT2D eigenvalue weighted by atomic mass is 10.3. The molecule has 3 heterocycles. The summed E-state index contributed by atoms with van der Waals surface area (Å²) in [6.07, 6.45) is 7.31. The molecule has 0 amide bonds. The molecular weight excluding hydrogens is 266 g/mol. The first-order valence-electron chi connectivity index (χ1n) is 7.09. The Balaban J connectivity index is 1.60. The minimum atomic E-state index is 0.791. The Labute approximate surface area is 124 Å². The predicted molar refractivity (Wildman–Crippen MR) is 81.3 cm³/mol. The molecular formula is C14H19N7. The Bertz CT molecular complexity index is 549. The van der Waals surface area contributed by atoms with E-state index in [-0.39, 0.29) is 0 Å². The number of hydrogen-bond acceptors (Lipinski definition) is 7. The number of hydrogen-bond donors (Lipinski definition) is 1. The normalized spacial score (nSPS) is 15.3. The van der Waals surface area contributed by atoms with Crippen LogP contribution in [0.25, 0.3) is 0 Å². The molecule has 0 spiro atoms. The summed E-state index contributed by atoms with van der Waals surface area (Å²) in [6.45, 7) is 4.31. The molecule has 21 heavy (non-hydrogen) atoms. The minimum Gasteiger partial charge on any atom is -0.337 e. The molecule has 2 aromatic heterocycles. The van der Waals surface area contributed by atoms with Crippen LogP contribution in [0.3, 0.4) is 0 Å². The Morgan fingerprint density at radius 3 is 1.95 bits per heavy atom. The second kappa shape index (κ2) is 6.45. The summed E-state index contributed by atoms with van der Waals surface area (Å²) in [5.41, 5.74) is 1.09. The summed E-state index contributed by atoms with van der Waals surface area (Å²) in [5.74, 6) is 1.59.